The standard InChI is InChI=1S/C38H46N6O2S.2ClH/c1-6-43(7-2)24-25-44(47(45,46)33-15-11-14-31(26-33)38(3,4)30-12-9-8-10-13-30)32-21-22-35-34(27-32)41-36(42(35)5)23-18-28-16-19-29(20-17-28)37(39)40;;/h8-17,19-22,26-27H,6-7,18,23-25H2,1-5H3,(H3,39,40);2*1H. The number of fused-ring (bicyclic) bond motifs is 1. The summed E-state index contributed by atoms with van der Waals surface area (Å²) in [5, 5.41) is 7.62. The minimum atomic E-state index is -3.91. The summed E-state index contributed by atoms with van der Waals surface area (Å²) in [6.45, 7) is 11.0. The van der Waals surface area contributed by atoms with Crippen molar-refractivity contribution in [3.63, 3.8) is 0 Å². The van der Waals surface area contributed by atoms with Gasteiger partial charge < -0.3 is 15.2 Å². The van der Waals surface area contributed by atoms with E-state index in [1.54, 1.807) is 10.4 Å². The van der Waals surface area contributed by atoms with Crippen LogP contribution < -0.4 is 10.0 Å². The molecule has 0 saturated heterocycles. The van der Waals surface area contributed by atoms with Crippen molar-refractivity contribution in [2.24, 2.45) is 12.8 Å². The molecular formula is C38H48Cl2N6O2S. The van der Waals surface area contributed by atoms with Gasteiger partial charge >= 0.3 is 0 Å². The first kappa shape index (κ1) is 39.5. The van der Waals surface area contributed by atoms with Crippen molar-refractivity contribution >= 4 is 57.4 Å². The van der Waals surface area contributed by atoms with E-state index in [0.29, 0.717) is 30.8 Å². The van der Waals surface area contributed by atoms with Gasteiger partial charge in [-0.3, -0.25) is 9.71 Å². The van der Waals surface area contributed by atoms with Crippen LogP contribution in [0.5, 0.6) is 0 Å². The van der Waals surface area contributed by atoms with Crippen LogP contribution in [-0.2, 0) is 35.3 Å². The molecule has 0 aliphatic heterocycles. The van der Waals surface area contributed by atoms with Crippen LogP contribution in [0.2, 0.25) is 0 Å². The highest BCUT2D eigenvalue weighted by molar-refractivity contribution is 7.92. The highest BCUT2D eigenvalue weighted by atomic mass is 35.5. The SMILES string of the molecule is CCN(CC)CCN(c1ccc2c(c1)nc(CCc1ccc(C(=N)N)cc1)n2C)S(=O)(=O)c1cccc(C(C)(C)c2ccccc2)c1.Cl.Cl. The highest BCUT2D eigenvalue weighted by Crippen LogP contribution is 2.34. The first-order valence-corrected chi connectivity index (χ1v) is 17.7. The number of sulfonamides is 1. The van der Waals surface area contributed by atoms with Crippen molar-refractivity contribution in [1.29, 1.82) is 5.41 Å². The zero-order valence-electron chi connectivity index (χ0n) is 28.9. The number of hydrogen-bond acceptors (Lipinski definition) is 5. The molecule has 8 nitrogen and oxygen atoms in total. The third-order valence-electron chi connectivity index (χ3n) is 9.30. The average Bonchev–Trinajstić information content (AvgIpc) is 3.40. The Labute approximate surface area is 303 Å². The normalized spacial score (nSPS) is 11.6. The molecule has 4 aromatic carbocycles. The number of aromatic nitrogens is 2. The number of benzene rings is 4. The van der Waals surface area contributed by atoms with E-state index in [-0.39, 0.29) is 41.0 Å². The summed E-state index contributed by atoms with van der Waals surface area (Å²) in [5.41, 5.74) is 11.4. The molecule has 0 spiro atoms. The number of nitrogens with one attached hydrogen (secondary N) is 1. The van der Waals surface area contributed by atoms with Crippen molar-refractivity contribution < 1.29 is 8.42 Å². The second kappa shape index (κ2) is 16.7. The van der Waals surface area contributed by atoms with E-state index in [1.165, 1.54) is 0 Å². The topological polar surface area (TPSA) is 108 Å². The molecule has 0 amide bonds. The first-order chi connectivity index (χ1) is 22.4. The summed E-state index contributed by atoms with van der Waals surface area (Å²) in [6.07, 6.45) is 1.50. The fraction of sp³-hybridized carbons (Fsp3) is 0.316. The van der Waals surface area contributed by atoms with Crippen molar-refractivity contribution in [3.05, 3.63) is 125 Å². The average molecular weight is 724 g/mol. The van der Waals surface area contributed by atoms with Crippen LogP contribution >= 0.6 is 24.8 Å². The lowest BCUT2D eigenvalue weighted by atomic mass is 9.78. The second-order valence-corrected chi connectivity index (χ2v) is 14.4. The summed E-state index contributed by atoms with van der Waals surface area (Å²) in [4.78, 5) is 7.46. The maximum Gasteiger partial charge on any atom is 0.264 e. The van der Waals surface area contributed by atoms with Crippen molar-refractivity contribution in [3.8, 4) is 0 Å². The maximum absolute atomic E-state index is 14.5. The number of nitrogens with two attached hydrogens (primary N) is 1. The number of nitrogen functional groups attached to an aromatic ring is 1. The van der Waals surface area contributed by atoms with Crippen LogP contribution in [0.4, 0.5) is 5.69 Å². The number of imidazole rings is 1. The number of likely N-dealkylation sites (N-methyl/N-ethyl adjacent to an activating group) is 1. The zero-order valence-corrected chi connectivity index (χ0v) is 31.3. The molecule has 262 valence electrons. The molecule has 0 radical (unpaired) electrons. The van der Waals surface area contributed by atoms with Gasteiger partial charge in [0.15, 0.2) is 0 Å². The smallest absolute Gasteiger partial charge is 0.264 e. The van der Waals surface area contributed by atoms with E-state index in [4.69, 9.17) is 16.1 Å². The van der Waals surface area contributed by atoms with Crippen LogP contribution in [0.1, 0.15) is 55.8 Å². The number of nitrogens with zero attached hydrogens (tertiary/aromatic N) is 4. The monoisotopic (exact) mass is 722 g/mol. The number of halogens is 2. The van der Waals surface area contributed by atoms with Crippen molar-refractivity contribution in [2.45, 2.75) is 50.8 Å². The Morgan fingerprint density at radius 1 is 0.837 bits per heavy atom. The van der Waals surface area contributed by atoms with Gasteiger partial charge in [-0.15, -0.1) is 24.8 Å². The van der Waals surface area contributed by atoms with Gasteiger partial charge in [0.2, 0.25) is 0 Å². The quantitative estimate of drug-likeness (QED) is 0.0921. The Hall–Kier alpha value is -3.89. The van der Waals surface area contributed by atoms with Crippen LogP contribution in [-0.4, -0.2) is 54.9 Å². The largest absolute Gasteiger partial charge is 0.384 e. The summed E-state index contributed by atoms with van der Waals surface area (Å²) < 4.78 is 32.7. The molecule has 0 aliphatic carbocycles. The highest BCUT2D eigenvalue weighted by Gasteiger charge is 2.29. The Morgan fingerprint density at radius 3 is 2.12 bits per heavy atom. The summed E-state index contributed by atoms with van der Waals surface area (Å²) in [6, 6.07) is 31.0. The van der Waals surface area contributed by atoms with Gasteiger partial charge in [0.1, 0.15) is 11.7 Å². The molecule has 5 rings (SSSR count). The Bertz CT molecular complexity index is 1960. The Balaban J connectivity index is 0.00000325. The molecule has 0 aliphatic rings. The molecule has 0 atom stereocenters. The molecule has 5 aromatic rings. The third kappa shape index (κ3) is 8.65. The molecule has 0 bridgehead atoms. The van der Waals surface area contributed by atoms with Gasteiger partial charge in [0.25, 0.3) is 10.0 Å². The molecule has 1 aromatic heterocycles. The van der Waals surface area contributed by atoms with Crippen molar-refractivity contribution in [2.75, 3.05) is 30.5 Å². The number of aryl methyl sites for hydroxylation is 3. The van der Waals surface area contributed by atoms with E-state index >= 15 is 0 Å². The molecule has 3 N–H and O–H groups in total. The molecule has 11 heteroatoms. The van der Waals surface area contributed by atoms with Gasteiger partial charge in [0, 0.05) is 37.5 Å². The molecular weight excluding hydrogens is 675 g/mol. The molecule has 49 heavy (non-hydrogen) atoms. The lowest BCUT2D eigenvalue weighted by Crippen LogP contribution is -2.39. The summed E-state index contributed by atoms with van der Waals surface area (Å²) in [7, 11) is -1.91. The summed E-state index contributed by atoms with van der Waals surface area (Å²) in [5.74, 6) is 0.973. The Kier molecular flexibility index (Phi) is 13.5. The van der Waals surface area contributed by atoms with E-state index in [0.717, 1.165) is 53.1 Å². The lowest BCUT2D eigenvalue weighted by molar-refractivity contribution is 0.313. The minimum Gasteiger partial charge on any atom is -0.384 e. The number of rotatable bonds is 14. The van der Waals surface area contributed by atoms with Crippen LogP contribution in [0.3, 0.4) is 0 Å². The molecule has 1 heterocycles. The molecule has 0 fully saturated rings. The van der Waals surface area contributed by atoms with Crippen LogP contribution in [0, 0.1) is 5.41 Å². The predicted molar refractivity (Wildman–Crippen MR) is 207 cm³/mol. The number of amidine groups is 1. The Morgan fingerprint density at radius 2 is 1.49 bits per heavy atom. The molecule has 0 saturated carbocycles. The minimum absolute atomic E-state index is 0. The first-order valence-electron chi connectivity index (χ1n) is 16.3. The van der Waals surface area contributed by atoms with Crippen LogP contribution in [0.25, 0.3) is 11.0 Å². The fourth-order valence-corrected chi connectivity index (χ4v) is 7.57. The number of hydrogen-bond donors (Lipinski definition) is 2. The molecule has 0 unspecified atom stereocenters. The lowest BCUT2D eigenvalue weighted by Gasteiger charge is -2.29. The fourth-order valence-electron chi connectivity index (χ4n) is 6.08. The van der Waals surface area contributed by atoms with Gasteiger partial charge in [-0.25, -0.2) is 13.4 Å². The van der Waals surface area contributed by atoms with Gasteiger partial charge in [0.05, 0.1) is 21.6 Å². The van der Waals surface area contributed by atoms with Gasteiger partial charge in [-0.05, 0) is 66.5 Å². The summed E-state index contributed by atoms with van der Waals surface area (Å²) >= 11 is 0. The number of anilines is 1. The van der Waals surface area contributed by atoms with E-state index < -0.39 is 10.0 Å². The van der Waals surface area contributed by atoms with Gasteiger partial charge in [-0.1, -0.05) is 94.4 Å². The second-order valence-electron chi connectivity index (χ2n) is 12.5. The van der Waals surface area contributed by atoms with E-state index in [1.807, 2.05) is 85.9 Å². The van der Waals surface area contributed by atoms with Crippen LogP contribution in [0.15, 0.2) is 102 Å². The van der Waals surface area contributed by atoms with Crippen molar-refractivity contribution in [1.82, 2.24) is 14.5 Å². The third-order valence-corrected chi connectivity index (χ3v) is 11.1. The van der Waals surface area contributed by atoms with E-state index in [9.17, 15) is 8.42 Å². The predicted octanol–water partition coefficient (Wildman–Crippen LogP) is 7.35. The van der Waals surface area contributed by atoms with Gasteiger partial charge in [-0.2, -0.15) is 0 Å². The zero-order chi connectivity index (χ0) is 33.8. The maximum atomic E-state index is 14.5. The van der Waals surface area contributed by atoms with E-state index in [2.05, 4.69) is 49.3 Å².